The molecule has 24 heavy (non-hydrogen) atoms. The van der Waals surface area contributed by atoms with Crippen LogP contribution in [0.1, 0.15) is 11.1 Å². The summed E-state index contributed by atoms with van der Waals surface area (Å²) in [6.45, 7) is 2.04. The van der Waals surface area contributed by atoms with Gasteiger partial charge in [-0.2, -0.15) is 4.99 Å². The van der Waals surface area contributed by atoms with E-state index in [-0.39, 0.29) is 5.91 Å². The quantitative estimate of drug-likeness (QED) is 0.692. The highest BCUT2D eigenvalue weighted by molar-refractivity contribution is 8.18. The van der Waals surface area contributed by atoms with Gasteiger partial charge in [0.2, 0.25) is 5.13 Å². The van der Waals surface area contributed by atoms with Crippen LogP contribution in [0.5, 0.6) is 0 Å². The predicted octanol–water partition coefficient (Wildman–Crippen LogP) is 4.50. The molecule has 1 aromatic heterocycles. The molecule has 2 aromatic carbocycles. The van der Waals surface area contributed by atoms with Gasteiger partial charge < -0.3 is 5.32 Å². The number of nitrogens with one attached hydrogen (secondary N) is 1. The number of carbonyl (C=O) groups excluding carboxylic acids is 1. The van der Waals surface area contributed by atoms with Gasteiger partial charge in [0, 0.05) is 0 Å². The molecule has 0 unspecified atom stereocenters. The number of nitrogens with zero attached hydrogens (tertiary/aromatic N) is 2. The molecule has 1 N–H and O–H groups in total. The van der Waals surface area contributed by atoms with Gasteiger partial charge in [0.1, 0.15) is 0 Å². The zero-order valence-corrected chi connectivity index (χ0v) is 14.4. The molecule has 0 bridgehead atoms. The van der Waals surface area contributed by atoms with Gasteiger partial charge in [0.25, 0.3) is 5.91 Å². The topological polar surface area (TPSA) is 54.4 Å². The molecule has 6 heteroatoms. The van der Waals surface area contributed by atoms with E-state index in [0.29, 0.717) is 15.2 Å². The van der Waals surface area contributed by atoms with E-state index >= 15 is 0 Å². The number of benzene rings is 2. The molecule has 0 aliphatic carbocycles. The average Bonchev–Trinajstić information content (AvgIpc) is 3.12. The molecule has 0 spiro atoms. The first-order valence-corrected chi connectivity index (χ1v) is 9.02. The predicted molar refractivity (Wildman–Crippen MR) is 102 cm³/mol. The summed E-state index contributed by atoms with van der Waals surface area (Å²) in [6.07, 6.45) is 1.88. The van der Waals surface area contributed by atoms with Gasteiger partial charge in [0.05, 0.1) is 15.1 Å². The molecule has 1 saturated heterocycles. The highest BCUT2D eigenvalue weighted by atomic mass is 32.2. The Morgan fingerprint density at radius 1 is 1.12 bits per heavy atom. The average molecular weight is 351 g/mol. The van der Waals surface area contributed by atoms with E-state index in [1.807, 2.05) is 61.5 Å². The first-order chi connectivity index (χ1) is 11.7. The lowest BCUT2D eigenvalue weighted by molar-refractivity contribution is -0.115. The fourth-order valence-corrected chi connectivity index (χ4v) is 4.01. The van der Waals surface area contributed by atoms with Crippen molar-refractivity contribution in [1.29, 1.82) is 0 Å². The first-order valence-electron chi connectivity index (χ1n) is 7.39. The largest absolute Gasteiger partial charge is 0.300 e. The van der Waals surface area contributed by atoms with Gasteiger partial charge in [-0.3, -0.25) is 4.79 Å². The highest BCUT2D eigenvalue weighted by Gasteiger charge is 2.24. The normalized spacial score (nSPS) is 17.8. The number of rotatable bonds is 2. The fourth-order valence-electron chi connectivity index (χ4n) is 2.29. The van der Waals surface area contributed by atoms with Gasteiger partial charge in [-0.15, -0.1) is 0 Å². The molecule has 0 atom stereocenters. The summed E-state index contributed by atoms with van der Waals surface area (Å²) >= 11 is 2.85. The Morgan fingerprint density at radius 2 is 1.92 bits per heavy atom. The molecule has 3 aromatic rings. The maximum absolute atomic E-state index is 12.1. The van der Waals surface area contributed by atoms with Crippen molar-refractivity contribution >= 4 is 55.6 Å². The van der Waals surface area contributed by atoms with Crippen molar-refractivity contribution in [3.63, 3.8) is 0 Å². The van der Waals surface area contributed by atoms with E-state index in [1.165, 1.54) is 28.7 Å². The molecule has 1 aliphatic heterocycles. The van der Waals surface area contributed by atoms with Crippen LogP contribution in [0.25, 0.3) is 16.3 Å². The minimum Gasteiger partial charge on any atom is -0.300 e. The number of thioether (sulfide) groups is 1. The smallest absolute Gasteiger partial charge is 0.264 e. The van der Waals surface area contributed by atoms with E-state index < -0.39 is 0 Å². The van der Waals surface area contributed by atoms with Gasteiger partial charge in [-0.25, -0.2) is 4.98 Å². The number of fused-ring (bicyclic) bond motifs is 1. The molecule has 1 fully saturated rings. The van der Waals surface area contributed by atoms with Crippen molar-refractivity contribution < 1.29 is 4.79 Å². The summed E-state index contributed by atoms with van der Waals surface area (Å²) in [5.41, 5.74) is 3.12. The zero-order valence-electron chi connectivity index (χ0n) is 12.8. The summed E-state index contributed by atoms with van der Waals surface area (Å²) in [6, 6.07) is 16.0. The molecule has 4 nitrogen and oxygen atoms in total. The number of hydrogen-bond acceptors (Lipinski definition) is 5. The molecule has 0 saturated carbocycles. The zero-order chi connectivity index (χ0) is 16.5. The molecule has 1 amide bonds. The molecule has 2 heterocycles. The Hall–Kier alpha value is -2.44. The van der Waals surface area contributed by atoms with Crippen molar-refractivity contribution in [2.75, 3.05) is 0 Å². The van der Waals surface area contributed by atoms with Crippen molar-refractivity contribution in [2.45, 2.75) is 6.92 Å². The Bertz CT molecular complexity index is 954. The van der Waals surface area contributed by atoms with E-state index in [1.54, 1.807) is 0 Å². The second-order valence-electron chi connectivity index (χ2n) is 5.36. The van der Waals surface area contributed by atoms with Crippen LogP contribution < -0.4 is 5.32 Å². The Morgan fingerprint density at radius 3 is 2.71 bits per heavy atom. The summed E-state index contributed by atoms with van der Waals surface area (Å²) in [4.78, 5) is 21.7. The minimum absolute atomic E-state index is 0.125. The number of aliphatic imine (C=N–C) groups is 1. The summed E-state index contributed by atoms with van der Waals surface area (Å²) in [5, 5.41) is 4.02. The van der Waals surface area contributed by atoms with E-state index in [9.17, 15) is 4.79 Å². The van der Waals surface area contributed by atoms with Crippen molar-refractivity contribution in [2.24, 2.45) is 4.99 Å². The third-order valence-corrected chi connectivity index (χ3v) is 5.35. The van der Waals surface area contributed by atoms with Crippen LogP contribution in [0.3, 0.4) is 0 Å². The number of amidine groups is 1. The van der Waals surface area contributed by atoms with E-state index in [0.717, 1.165) is 15.8 Å². The van der Waals surface area contributed by atoms with Gasteiger partial charge in [0.15, 0.2) is 5.17 Å². The second kappa shape index (κ2) is 6.22. The van der Waals surface area contributed by atoms with Crippen LogP contribution in [0, 0.1) is 6.92 Å². The van der Waals surface area contributed by atoms with Crippen LogP contribution in [0.15, 0.2) is 58.4 Å². The number of thiazole rings is 1. The minimum atomic E-state index is -0.125. The van der Waals surface area contributed by atoms with Crippen LogP contribution in [-0.2, 0) is 4.79 Å². The maximum Gasteiger partial charge on any atom is 0.264 e. The molecule has 4 rings (SSSR count). The number of hydrogen-bond donors (Lipinski definition) is 1. The molecule has 0 radical (unpaired) electrons. The third-order valence-electron chi connectivity index (χ3n) is 3.51. The lowest BCUT2D eigenvalue weighted by atomic mass is 10.1. The molecule has 118 valence electrons. The van der Waals surface area contributed by atoms with Crippen LogP contribution in [0.2, 0.25) is 0 Å². The Labute approximate surface area is 147 Å². The van der Waals surface area contributed by atoms with Crippen LogP contribution in [-0.4, -0.2) is 16.1 Å². The molecular formula is C18H13N3OS2. The van der Waals surface area contributed by atoms with Crippen molar-refractivity contribution in [3.8, 4) is 0 Å². The summed E-state index contributed by atoms with van der Waals surface area (Å²) in [7, 11) is 0. The number of para-hydroxylation sites is 1. The van der Waals surface area contributed by atoms with Gasteiger partial charge in [-0.05, 0) is 42.5 Å². The number of carbonyl (C=O) groups is 1. The summed E-state index contributed by atoms with van der Waals surface area (Å²) in [5.74, 6) is -0.125. The maximum atomic E-state index is 12.1. The third kappa shape index (κ3) is 3.11. The standard InChI is InChI=1S/C18H13N3OS2/c1-11-6-8-12(9-7-11)10-15-16(22)20-18(24-15)21-17-19-13-4-2-3-5-14(13)23-17/h2-10H,1H3,(H,19,20,21,22)/b15-10+. The first kappa shape index (κ1) is 15.1. The number of aryl methyl sites for hydroxylation is 1. The number of amides is 1. The monoisotopic (exact) mass is 351 g/mol. The van der Waals surface area contributed by atoms with Gasteiger partial charge in [-0.1, -0.05) is 53.3 Å². The number of aromatic nitrogens is 1. The molecular weight excluding hydrogens is 338 g/mol. The fraction of sp³-hybridized carbons (Fsp3) is 0.0556. The van der Waals surface area contributed by atoms with E-state index in [2.05, 4.69) is 15.3 Å². The lowest BCUT2D eigenvalue weighted by Crippen LogP contribution is -2.19. The van der Waals surface area contributed by atoms with E-state index in [4.69, 9.17) is 0 Å². The van der Waals surface area contributed by atoms with Crippen LogP contribution in [0.4, 0.5) is 5.13 Å². The van der Waals surface area contributed by atoms with Crippen molar-refractivity contribution in [1.82, 2.24) is 10.3 Å². The second-order valence-corrected chi connectivity index (χ2v) is 7.40. The lowest BCUT2D eigenvalue weighted by Gasteiger charge is -1.95. The summed E-state index contributed by atoms with van der Waals surface area (Å²) < 4.78 is 1.08. The highest BCUT2D eigenvalue weighted by Crippen LogP contribution is 2.31. The Balaban J connectivity index is 1.60. The Kier molecular flexibility index (Phi) is 3.92. The van der Waals surface area contributed by atoms with Crippen molar-refractivity contribution in [3.05, 3.63) is 64.6 Å². The SMILES string of the molecule is Cc1ccc(/C=C2/SC(=Nc3nc4ccccc4s3)NC2=O)cc1. The molecule has 1 aliphatic rings. The van der Waals surface area contributed by atoms with Gasteiger partial charge >= 0.3 is 0 Å². The van der Waals surface area contributed by atoms with Crippen LogP contribution >= 0.6 is 23.1 Å².